The Kier molecular flexibility index (Phi) is 9.48. The van der Waals surface area contributed by atoms with E-state index in [-0.39, 0.29) is 5.57 Å². The lowest BCUT2D eigenvalue weighted by atomic mass is 10.0. The van der Waals surface area contributed by atoms with Gasteiger partial charge in [-0.1, -0.05) is 13.2 Å². The number of hydrogen-bond acceptors (Lipinski definition) is 5. The van der Waals surface area contributed by atoms with Crippen LogP contribution < -0.4 is 5.32 Å². The second-order valence-electron chi connectivity index (χ2n) is 3.17. The highest BCUT2D eigenvalue weighted by atomic mass is 16.3. The smallest absolute Gasteiger partial charge is 0.246 e. The van der Waals surface area contributed by atoms with Gasteiger partial charge in [-0.3, -0.25) is 4.79 Å². The molecule has 6 heteroatoms. The third-order valence-corrected chi connectivity index (χ3v) is 1.67. The van der Waals surface area contributed by atoms with Gasteiger partial charge >= 0.3 is 0 Å². The molecule has 1 amide bonds. The Morgan fingerprint density at radius 3 is 1.81 bits per heavy atom. The molecule has 0 saturated heterocycles. The van der Waals surface area contributed by atoms with Crippen LogP contribution >= 0.6 is 0 Å². The SMILES string of the molecule is C=C(C)C(=O)NC(CO)(CO)CO.C=CO. The molecule has 94 valence electrons. The Balaban J connectivity index is 0. The van der Waals surface area contributed by atoms with Gasteiger partial charge in [0, 0.05) is 5.57 Å². The molecule has 0 aliphatic rings. The Bertz CT molecular complexity index is 227. The summed E-state index contributed by atoms with van der Waals surface area (Å²) in [5.41, 5.74) is -1.12. The van der Waals surface area contributed by atoms with Crippen LogP contribution in [0.4, 0.5) is 0 Å². The molecule has 0 atom stereocenters. The highest BCUT2D eigenvalue weighted by Gasteiger charge is 2.29. The minimum absolute atomic E-state index is 0.250. The van der Waals surface area contributed by atoms with Crippen molar-refractivity contribution in [3.05, 3.63) is 25.0 Å². The summed E-state index contributed by atoms with van der Waals surface area (Å²) in [6.07, 6.45) is 0.750. The van der Waals surface area contributed by atoms with Gasteiger partial charge in [0.05, 0.1) is 26.1 Å². The van der Waals surface area contributed by atoms with Gasteiger partial charge in [-0.05, 0) is 6.92 Å². The normalized spacial score (nSPS) is 9.75. The van der Waals surface area contributed by atoms with E-state index >= 15 is 0 Å². The van der Waals surface area contributed by atoms with Gasteiger partial charge in [0.2, 0.25) is 5.91 Å². The quantitative estimate of drug-likeness (QED) is 0.312. The van der Waals surface area contributed by atoms with Crippen LogP contribution in [0.1, 0.15) is 6.92 Å². The van der Waals surface area contributed by atoms with Crippen LogP contribution in [0, 0.1) is 0 Å². The zero-order valence-electron chi connectivity index (χ0n) is 9.31. The lowest BCUT2D eigenvalue weighted by Gasteiger charge is -2.28. The summed E-state index contributed by atoms with van der Waals surface area (Å²) in [4.78, 5) is 11.1. The lowest BCUT2D eigenvalue weighted by Crippen LogP contribution is -2.57. The predicted molar refractivity (Wildman–Crippen MR) is 59.8 cm³/mol. The monoisotopic (exact) mass is 233 g/mol. The zero-order valence-corrected chi connectivity index (χ0v) is 9.31. The van der Waals surface area contributed by atoms with Crippen molar-refractivity contribution >= 4 is 5.91 Å². The predicted octanol–water partition coefficient (Wildman–Crippen LogP) is -0.918. The molecule has 5 N–H and O–H groups in total. The summed E-state index contributed by atoms with van der Waals surface area (Å²) in [5.74, 6) is -0.503. The van der Waals surface area contributed by atoms with Gasteiger partial charge < -0.3 is 25.7 Å². The summed E-state index contributed by atoms with van der Waals surface area (Å²) in [6, 6.07) is 0. The topological polar surface area (TPSA) is 110 Å². The molecule has 16 heavy (non-hydrogen) atoms. The van der Waals surface area contributed by atoms with Gasteiger partial charge in [0.1, 0.15) is 5.54 Å². The molecule has 0 spiro atoms. The molecule has 0 rings (SSSR count). The molecule has 6 nitrogen and oxygen atoms in total. The number of hydrogen-bond donors (Lipinski definition) is 5. The van der Waals surface area contributed by atoms with E-state index in [1.807, 2.05) is 0 Å². The number of aliphatic hydroxyl groups excluding tert-OH is 4. The van der Waals surface area contributed by atoms with Crippen LogP contribution in [-0.4, -0.2) is 51.7 Å². The number of carbonyl (C=O) groups excluding carboxylic acids is 1. The zero-order chi connectivity index (χ0) is 13.2. The van der Waals surface area contributed by atoms with Crippen molar-refractivity contribution in [3.63, 3.8) is 0 Å². The Hall–Kier alpha value is -1.37. The van der Waals surface area contributed by atoms with Crippen molar-refractivity contribution in [2.45, 2.75) is 12.5 Å². The maximum absolute atomic E-state index is 11.1. The highest BCUT2D eigenvalue weighted by molar-refractivity contribution is 5.92. The van der Waals surface area contributed by atoms with E-state index in [0.717, 1.165) is 6.26 Å². The first-order valence-corrected chi connectivity index (χ1v) is 4.48. The molecule has 0 aliphatic carbocycles. The Labute approximate surface area is 94.5 Å². The fourth-order valence-electron chi connectivity index (χ4n) is 0.616. The van der Waals surface area contributed by atoms with Gasteiger partial charge in [-0.2, -0.15) is 0 Å². The first-order chi connectivity index (χ1) is 7.42. The van der Waals surface area contributed by atoms with Crippen molar-refractivity contribution in [2.24, 2.45) is 0 Å². The van der Waals surface area contributed by atoms with E-state index in [0.29, 0.717) is 0 Å². The van der Waals surface area contributed by atoms with Crippen molar-refractivity contribution in [1.82, 2.24) is 5.32 Å². The van der Waals surface area contributed by atoms with Crippen LogP contribution in [0.5, 0.6) is 0 Å². The Morgan fingerprint density at radius 2 is 1.62 bits per heavy atom. The average Bonchev–Trinajstić information content (AvgIpc) is 2.27. The second-order valence-corrected chi connectivity index (χ2v) is 3.17. The molecule has 0 aromatic rings. The third kappa shape index (κ3) is 6.18. The molecule has 0 saturated carbocycles. The minimum Gasteiger partial charge on any atom is -0.516 e. The van der Waals surface area contributed by atoms with Gasteiger partial charge in [0.25, 0.3) is 0 Å². The van der Waals surface area contributed by atoms with E-state index in [1.165, 1.54) is 6.92 Å². The minimum atomic E-state index is -1.37. The first-order valence-electron chi connectivity index (χ1n) is 4.48. The standard InChI is InChI=1S/C8H15NO4.C2H4O/c1-6(2)7(13)9-8(3-10,4-11)5-12;1-2-3/h10-12H,1,3-5H2,2H3,(H,9,13);2-3H,1H2. The van der Waals surface area contributed by atoms with Gasteiger partial charge in [-0.15, -0.1) is 0 Å². The maximum Gasteiger partial charge on any atom is 0.246 e. The summed E-state index contributed by atoms with van der Waals surface area (Å²) in [6.45, 7) is 6.21. The molecule has 0 unspecified atom stereocenters. The van der Waals surface area contributed by atoms with Crippen molar-refractivity contribution in [2.75, 3.05) is 19.8 Å². The molecule has 0 bridgehead atoms. The summed E-state index contributed by atoms with van der Waals surface area (Å²) in [5, 5.41) is 36.2. The molecule has 0 aliphatic heterocycles. The average molecular weight is 233 g/mol. The van der Waals surface area contributed by atoms with Crippen LogP contribution in [0.25, 0.3) is 0 Å². The number of amides is 1. The van der Waals surface area contributed by atoms with Gasteiger partial charge in [-0.25, -0.2) is 0 Å². The van der Waals surface area contributed by atoms with Gasteiger partial charge in [0.15, 0.2) is 0 Å². The molecule has 0 heterocycles. The number of aliphatic hydroxyl groups is 4. The van der Waals surface area contributed by atoms with E-state index in [2.05, 4.69) is 18.5 Å². The summed E-state index contributed by atoms with van der Waals surface area (Å²) in [7, 11) is 0. The second kappa shape index (κ2) is 8.90. The van der Waals surface area contributed by atoms with E-state index in [9.17, 15) is 4.79 Å². The number of rotatable bonds is 5. The van der Waals surface area contributed by atoms with E-state index in [1.54, 1.807) is 0 Å². The number of carbonyl (C=O) groups is 1. The van der Waals surface area contributed by atoms with E-state index < -0.39 is 31.3 Å². The maximum atomic E-state index is 11.1. The highest BCUT2D eigenvalue weighted by Crippen LogP contribution is 2.02. The van der Waals surface area contributed by atoms with Crippen LogP contribution in [-0.2, 0) is 4.79 Å². The third-order valence-electron chi connectivity index (χ3n) is 1.67. The number of nitrogens with one attached hydrogen (secondary N) is 1. The van der Waals surface area contributed by atoms with Crippen LogP contribution in [0.3, 0.4) is 0 Å². The van der Waals surface area contributed by atoms with Crippen LogP contribution in [0.2, 0.25) is 0 Å². The molecule has 0 fully saturated rings. The first kappa shape index (κ1) is 17.0. The molecular formula is C10H19NO5. The fourth-order valence-corrected chi connectivity index (χ4v) is 0.616. The van der Waals surface area contributed by atoms with Crippen LogP contribution in [0.15, 0.2) is 25.0 Å². The van der Waals surface area contributed by atoms with Crippen molar-refractivity contribution in [1.29, 1.82) is 0 Å². The molecular weight excluding hydrogens is 214 g/mol. The lowest BCUT2D eigenvalue weighted by molar-refractivity contribution is -0.121. The van der Waals surface area contributed by atoms with Crippen molar-refractivity contribution < 1.29 is 25.2 Å². The fraction of sp³-hybridized carbons (Fsp3) is 0.500. The molecule has 0 aromatic carbocycles. The van der Waals surface area contributed by atoms with Crippen molar-refractivity contribution in [3.8, 4) is 0 Å². The molecule has 0 radical (unpaired) electrons. The summed E-state index contributed by atoms with van der Waals surface area (Å²) < 4.78 is 0. The van der Waals surface area contributed by atoms with E-state index in [4.69, 9.17) is 20.4 Å². The molecule has 0 aromatic heterocycles. The largest absolute Gasteiger partial charge is 0.516 e. The Morgan fingerprint density at radius 1 is 1.31 bits per heavy atom. The summed E-state index contributed by atoms with van der Waals surface area (Å²) >= 11 is 0.